The lowest BCUT2D eigenvalue weighted by Gasteiger charge is -2.17. The van der Waals surface area contributed by atoms with Gasteiger partial charge in [0.25, 0.3) is 0 Å². The highest BCUT2D eigenvalue weighted by Crippen LogP contribution is 2.20. The van der Waals surface area contributed by atoms with Gasteiger partial charge in [0.2, 0.25) is 0 Å². The van der Waals surface area contributed by atoms with E-state index in [2.05, 4.69) is 33.8 Å². The van der Waals surface area contributed by atoms with Crippen molar-refractivity contribution in [2.75, 3.05) is 13.6 Å². The van der Waals surface area contributed by atoms with Crippen LogP contribution in [0.4, 0.5) is 0 Å². The van der Waals surface area contributed by atoms with Gasteiger partial charge in [-0.05, 0) is 43.3 Å². The van der Waals surface area contributed by atoms with Gasteiger partial charge in [-0.1, -0.05) is 41.1 Å². The number of nitrogens with zero attached hydrogens (tertiary/aromatic N) is 3. The lowest BCUT2D eigenvalue weighted by Crippen LogP contribution is -2.25. The van der Waals surface area contributed by atoms with Gasteiger partial charge in [-0.25, -0.2) is 4.68 Å². The van der Waals surface area contributed by atoms with Crippen molar-refractivity contribution in [2.24, 2.45) is 0 Å². The molecule has 1 aromatic heterocycles. The van der Waals surface area contributed by atoms with Gasteiger partial charge in [0.15, 0.2) is 0 Å². The molecule has 0 amide bonds. The quantitative estimate of drug-likeness (QED) is 0.787. The first kappa shape index (κ1) is 14.0. The lowest BCUT2D eigenvalue weighted by molar-refractivity contribution is 0.435. The fraction of sp³-hybridized carbons (Fsp3) is 0.250. The summed E-state index contributed by atoms with van der Waals surface area (Å²) in [5.41, 5.74) is 3.22. The van der Waals surface area contributed by atoms with E-state index in [1.165, 1.54) is 5.56 Å². The molecule has 108 valence electrons. The second-order valence-corrected chi connectivity index (χ2v) is 5.50. The second kappa shape index (κ2) is 6.24. The van der Waals surface area contributed by atoms with Gasteiger partial charge in [-0.2, -0.15) is 0 Å². The van der Waals surface area contributed by atoms with E-state index in [1.54, 1.807) is 0 Å². The molecule has 1 unspecified atom stereocenters. The lowest BCUT2D eigenvalue weighted by atomic mass is 10.1. The molecule has 3 rings (SSSR count). The maximum Gasteiger partial charge on any atom is 0.113 e. The molecule has 0 spiro atoms. The van der Waals surface area contributed by atoms with Gasteiger partial charge >= 0.3 is 0 Å². The first-order chi connectivity index (χ1) is 10.3. The van der Waals surface area contributed by atoms with Crippen LogP contribution in [0.5, 0.6) is 0 Å². The normalized spacial score (nSPS) is 12.7. The molecule has 0 aliphatic rings. The molecule has 1 N–H and O–H groups in total. The van der Waals surface area contributed by atoms with Crippen molar-refractivity contribution in [2.45, 2.75) is 12.5 Å². The third-order valence-corrected chi connectivity index (χ3v) is 3.80. The summed E-state index contributed by atoms with van der Waals surface area (Å²) in [5.74, 6) is 0. The Morgan fingerprint density at radius 3 is 2.67 bits per heavy atom. The predicted octanol–water partition coefficient (Wildman–Crippen LogP) is 3.09. The van der Waals surface area contributed by atoms with Gasteiger partial charge < -0.3 is 5.32 Å². The van der Waals surface area contributed by atoms with Gasteiger partial charge in [0.1, 0.15) is 5.52 Å². The SMILES string of the molecule is CNCC(Cc1ccc(Cl)cc1)n1nnc2ccccc21. The van der Waals surface area contributed by atoms with Crippen LogP contribution in [0.3, 0.4) is 0 Å². The summed E-state index contributed by atoms with van der Waals surface area (Å²) in [5, 5.41) is 12.6. The second-order valence-electron chi connectivity index (χ2n) is 5.06. The third-order valence-electron chi connectivity index (χ3n) is 3.55. The van der Waals surface area contributed by atoms with Crippen molar-refractivity contribution in [1.82, 2.24) is 20.3 Å². The highest BCUT2D eigenvalue weighted by Gasteiger charge is 2.15. The zero-order valence-electron chi connectivity index (χ0n) is 11.8. The molecule has 0 saturated carbocycles. The fourth-order valence-electron chi connectivity index (χ4n) is 2.53. The van der Waals surface area contributed by atoms with Crippen LogP contribution >= 0.6 is 11.6 Å². The van der Waals surface area contributed by atoms with Crippen LogP contribution in [-0.2, 0) is 6.42 Å². The Morgan fingerprint density at radius 1 is 1.14 bits per heavy atom. The van der Waals surface area contributed by atoms with E-state index in [-0.39, 0.29) is 6.04 Å². The summed E-state index contributed by atoms with van der Waals surface area (Å²) in [7, 11) is 1.95. The topological polar surface area (TPSA) is 42.7 Å². The monoisotopic (exact) mass is 300 g/mol. The predicted molar refractivity (Wildman–Crippen MR) is 85.6 cm³/mol. The number of benzene rings is 2. The summed E-state index contributed by atoms with van der Waals surface area (Å²) >= 11 is 5.95. The average molecular weight is 301 g/mol. The molecular formula is C16H17ClN4. The van der Waals surface area contributed by atoms with Crippen LogP contribution in [0.15, 0.2) is 48.5 Å². The number of nitrogens with one attached hydrogen (secondary N) is 1. The molecule has 4 nitrogen and oxygen atoms in total. The van der Waals surface area contributed by atoms with Crippen molar-refractivity contribution in [3.05, 3.63) is 59.1 Å². The smallest absolute Gasteiger partial charge is 0.113 e. The van der Waals surface area contributed by atoms with E-state index in [1.807, 2.05) is 42.1 Å². The van der Waals surface area contributed by atoms with Crippen molar-refractivity contribution in [3.8, 4) is 0 Å². The Morgan fingerprint density at radius 2 is 1.90 bits per heavy atom. The van der Waals surface area contributed by atoms with Gasteiger partial charge in [0.05, 0.1) is 11.6 Å². The standard InChI is InChI=1S/C16H17ClN4/c1-18-11-14(10-12-6-8-13(17)9-7-12)21-16-5-3-2-4-15(16)19-20-21/h2-9,14,18H,10-11H2,1H3. The van der Waals surface area contributed by atoms with E-state index >= 15 is 0 Å². The minimum atomic E-state index is 0.212. The number of hydrogen-bond acceptors (Lipinski definition) is 3. The van der Waals surface area contributed by atoms with E-state index < -0.39 is 0 Å². The number of fused-ring (bicyclic) bond motifs is 1. The maximum atomic E-state index is 5.95. The van der Waals surface area contributed by atoms with Crippen LogP contribution in [0.25, 0.3) is 11.0 Å². The molecule has 1 atom stereocenters. The number of aromatic nitrogens is 3. The molecular weight excluding hydrogens is 284 g/mol. The summed E-state index contributed by atoms with van der Waals surface area (Å²) < 4.78 is 2.00. The van der Waals surface area contributed by atoms with Crippen molar-refractivity contribution in [1.29, 1.82) is 0 Å². The highest BCUT2D eigenvalue weighted by molar-refractivity contribution is 6.30. The summed E-state index contributed by atoms with van der Waals surface area (Å²) in [4.78, 5) is 0. The summed E-state index contributed by atoms with van der Waals surface area (Å²) in [6.45, 7) is 0.829. The third kappa shape index (κ3) is 3.06. The number of halogens is 1. The fourth-order valence-corrected chi connectivity index (χ4v) is 2.66. The Hall–Kier alpha value is -1.91. The number of hydrogen-bond donors (Lipinski definition) is 1. The zero-order valence-corrected chi connectivity index (χ0v) is 12.6. The average Bonchev–Trinajstić information content (AvgIpc) is 2.93. The Balaban J connectivity index is 1.92. The molecule has 3 aromatic rings. The van der Waals surface area contributed by atoms with Gasteiger partial charge in [0, 0.05) is 11.6 Å². The Kier molecular flexibility index (Phi) is 4.18. The van der Waals surface area contributed by atoms with E-state index in [9.17, 15) is 0 Å². The van der Waals surface area contributed by atoms with Crippen LogP contribution in [0.1, 0.15) is 11.6 Å². The molecule has 0 radical (unpaired) electrons. The van der Waals surface area contributed by atoms with Gasteiger partial charge in [-0.3, -0.25) is 0 Å². The van der Waals surface area contributed by atoms with Crippen LogP contribution in [0.2, 0.25) is 5.02 Å². The molecule has 5 heteroatoms. The molecule has 21 heavy (non-hydrogen) atoms. The molecule has 1 heterocycles. The van der Waals surface area contributed by atoms with E-state index in [0.29, 0.717) is 0 Å². The van der Waals surface area contributed by atoms with Crippen molar-refractivity contribution < 1.29 is 0 Å². The number of para-hydroxylation sites is 1. The van der Waals surface area contributed by atoms with Crippen LogP contribution in [0, 0.1) is 0 Å². The van der Waals surface area contributed by atoms with Gasteiger partial charge in [-0.15, -0.1) is 5.10 Å². The van der Waals surface area contributed by atoms with E-state index in [0.717, 1.165) is 29.0 Å². The molecule has 2 aromatic carbocycles. The molecule has 0 saturated heterocycles. The van der Waals surface area contributed by atoms with Crippen LogP contribution in [-0.4, -0.2) is 28.6 Å². The maximum absolute atomic E-state index is 5.95. The number of likely N-dealkylation sites (N-methyl/N-ethyl adjacent to an activating group) is 1. The summed E-state index contributed by atoms with van der Waals surface area (Å²) in [6, 6.07) is 16.2. The van der Waals surface area contributed by atoms with Crippen molar-refractivity contribution >= 4 is 22.6 Å². The Labute approximate surface area is 128 Å². The van der Waals surface area contributed by atoms with Crippen LogP contribution < -0.4 is 5.32 Å². The first-order valence-corrected chi connectivity index (χ1v) is 7.34. The highest BCUT2D eigenvalue weighted by atomic mass is 35.5. The minimum Gasteiger partial charge on any atom is -0.318 e. The summed E-state index contributed by atoms with van der Waals surface area (Å²) in [6.07, 6.45) is 0.880. The van der Waals surface area contributed by atoms with E-state index in [4.69, 9.17) is 11.6 Å². The molecule has 0 aliphatic carbocycles. The molecule has 0 aliphatic heterocycles. The minimum absolute atomic E-state index is 0.212. The largest absolute Gasteiger partial charge is 0.318 e. The van der Waals surface area contributed by atoms with Crippen molar-refractivity contribution in [3.63, 3.8) is 0 Å². The number of rotatable bonds is 5. The molecule has 0 bridgehead atoms. The Bertz CT molecular complexity index is 720. The zero-order chi connectivity index (χ0) is 14.7. The molecule has 0 fully saturated rings. The first-order valence-electron chi connectivity index (χ1n) is 6.97.